The third-order valence-corrected chi connectivity index (χ3v) is 11.9. The van der Waals surface area contributed by atoms with E-state index >= 15 is 0 Å². The van der Waals surface area contributed by atoms with Crippen molar-refractivity contribution in [3.05, 3.63) is 228 Å². The molecule has 0 N–H and O–H groups in total. The number of pyridine rings is 1. The Bertz CT molecular complexity index is 3430. The molecule has 5 heterocycles. The van der Waals surface area contributed by atoms with Crippen LogP contribution in [-0.2, 0) is 26.5 Å². The standard InChI is InChI=1S/C56H45BN5O.Pt/c1-38-30-39(2)32-42(31-38)41-25-28-59-29-26-47(40-14-7-6-8-15-40)55(57(59)36-41)61-37-60(51-20-11-12-21-52(51)61)44-16-13-17-45(34-44)63-46-22-23-49-48-18-9-10-19-50(48)62(53(49)35-46)54-33-43(24-27-58-54)56(3,4)5;/h6-33,36-37H,1-5H3;/q-3;/i1D3,2D3;. The zero-order valence-electron chi connectivity index (χ0n) is 41.4. The Balaban J connectivity index is 0.00000567. The van der Waals surface area contributed by atoms with Crippen molar-refractivity contribution >= 4 is 56.9 Å². The number of hydrogen-bond donors (Lipinski definition) is 0. The van der Waals surface area contributed by atoms with Crippen molar-refractivity contribution in [1.82, 2.24) is 14.4 Å². The molecule has 3 aliphatic rings. The van der Waals surface area contributed by atoms with Gasteiger partial charge in [0.1, 0.15) is 5.82 Å². The summed E-state index contributed by atoms with van der Waals surface area (Å²) in [6, 6.07) is 52.4. The van der Waals surface area contributed by atoms with Crippen LogP contribution >= 0.6 is 0 Å². The monoisotopic (exact) mass is 1020 g/mol. The van der Waals surface area contributed by atoms with E-state index in [2.05, 4.69) is 125 Å². The Kier molecular flexibility index (Phi) is 8.87. The van der Waals surface area contributed by atoms with Gasteiger partial charge >= 0.3 is 6.85 Å². The SMILES string of the molecule is [2H]C([2H])([2H])c1cc(C2=CB3C(N4[CH-]N(c5[c-]c(Oc6[c-]c7c(cc6)c6ccccc6n7-c6cc(C(C)(C)C)ccn6)ccc5)c5ccccc54)=C(c4ccccc4)C=CN3C=C2)cc(C([2H])([2H])[2H])c1.[Pt]. The number of ether oxygens (including phenoxy) is 1. The van der Waals surface area contributed by atoms with Crippen molar-refractivity contribution in [2.45, 2.75) is 39.9 Å². The van der Waals surface area contributed by atoms with Crippen LogP contribution in [0.1, 0.15) is 56.8 Å². The van der Waals surface area contributed by atoms with E-state index in [0.29, 0.717) is 22.6 Å². The molecule has 11 rings (SSSR count). The Morgan fingerprint density at radius 1 is 0.688 bits per heavy atom. The first kappa shape index (κ1) is 34.6. The topological polar surface area (TPSA) is 36.8 Å². The van der Waals surface area contributed by atoms with Crippen LogP contribution in [0.5, 0.6) is 11.5 Å². The minimum absolute atomic E-state index is 0. The van der Waals surface area contributed by atoms with Crippen molar-refractivity contribution < 1.29 is 34.0 Å². The summed E-state index contributed by atoms with van der Waals surface area (Å²) < 4.78 is 57.9. The van der Waals surface area contributed by atoms with Crippen LogP contribution in [0.4, 0.5) is 17.1 Å². The molecule has 6 aromatic carbocycles. The molecule has 0 spiro atoms. The molecular formula is C56H45BN5OPt-3. The Morgan fingerprint density at radius 2 is 1.42 bits per heavy atom. The minimum Gasteiger partial charge on any atom is -0.509 e. The van der Waals surface area contributed by atoms with Crippen LogP contribution in [0, 0.1) is 32.5 Å². The van der Waals surface area contributed by atoms with Gasteiger partial charge in [-0.2, -0.15) is 12.1 Å². The van der Waals surface area contributed by atoms with Crippen molar-refractivity contribution in [1.29, 1.82) is 0 Å². The average molecular weight is 1020 g/mol. The summed E-state index contributed by atoms with van der Waals surface area (Å²) in [6.07, 6.45) is 9.87. The molecule has 316 valence electrons. The quantitative estimate of drug-likeness (QED) is 0.117. The number of anilines is 3. The molecule has 2 aromatic heterocycles. The number of allylic oxidation sites excluding steroid dienone is 4. The fourth-order valence-corrected chi connectivity index (χ4v) is 8.89. The summed E-state index contributed by atoms with van der Waals surface area (Å²) in [5.41, 5.74) is 9.75. The largest absolute Gasteiger partial charge is 0.509 e. The zero-order valence-corrected chi connectivity index (χ0v) is 37.6. The maximum absolute atomic E-state index is 8.19. The smallest absolute Gasteiger partial charge is 0.335 e. The van der Waals surface area contributed by atoms with Gasteiger partial charge in [0, 0.05) is 63.9 Å². The molecule has 0 fully saturated rings. The van der Waals surface area contributed by atoms with Crippen molar-refractivity contribution in [3.8, 4) is 17.3 Å². The van der Waals surface area contributed by atoms with E-state index in [4.69, 9.17) is 17.9 Å². The first-order valence-electron chi connectivity index (χ1n) is 24.1. The van der Waals surface area contributed by atoms with Crippen LogP contribution in [0.3, 0.4) is 0 Å². The fraction of sp³-hybridized carbons (Fsp3) is 0.107. The van der Waals surface area contributed by atoms with Gasteiger partial charge in [0.15, 0.2) is 0 Å². The van der Waals surface area contributed by atoms with Crippen LogP contribution < -0.4 is 14.5 Å². The van der Waals surface area contributed by atoms with Crippen molar-refractivity contribution in [3.63, 3.8) is 0 Å². The summed E-state index contributed by atoms with van der Waals surface area (Å²) >= 11 is 0. The van der Waals surface area contributed by atoms with E-state index in [-0.39, 0.29) is 44.5 Å². The van der Waals surface area contributed by atoms with Gasteiger partial charge in [-0.15, -0.1) is 48.1 Å². The van der Waals surface area contributed by atoms with Crippen LogP contribution in [0.25, 0.3) is 38.8 Å². The number of aryl methyl sites for hydroxylation is 2. The number of benzene rings is 6. The number of para-hydroxylation sites is 3. The maximum Gasteiger partial charge on any atom is 0.335 e. The fourth-order valence-electron chi connectivity index (χ4n) is 8.89. The normalized spacial score (nSPS) is 16.3. The predicted molar refractivity (Wildman–Crippen MR) is 260 cm³/mol. The summed E-state index contributed by atoms with van der Waals surface area (Å²) in [7, 11) is 0. The second kappa shape index (κ2) is 16.4. The molecule has 0 atom stereocenters. The Morgan fingerprint density at radius 3 is 2.22 bits per heavy atom. The first-order chi connectivity index (χ1) is 33.1. The average Bonchev–Trinajstić information content (AvgIpc) is 3.89. The molecular weight excluding hydrogens is 965 g/mol. The summed E-state index contributed by atoms with van der Waals surface area (Å²) in [5, 5.41) is 2.14. The predicted octanol–water partition coefficient (Wildman–Crippen LogP) is 13.5. The zero-order chi connectivity index (χ0) is 47.8. The van der Waals surface area contributed by atoms with Crippen LogP contribution in [0.2, 0.25) is 0 Å². The van der Waals surface area contributed by atoms with Crippen molar-refractivity contribution in [2.75, 3.05) is 9.80 Å². The second-order valence-corrected chi connectivity index (χ2v) is 17.0. The molecule has 64 heavy (non-hydrogen) atoms. The molecule has 0 unspecified atom stereocenters. The van der Waals surface area contributed by atoms with Crippen LogP contribution in [-0.4, -0.2) is 21.2 Å². The van der Waals surface area contributed by atoms with E-state index in [0.717, 1.165) is 61.4 Å². The van der Waals surface area contributed by atoms with Gasteiger partial charge in [0.2, 0.25) is 0 Å². The van der Waals surface area contributed by atoms with E-state index in [1.165, 1.54) is 11.6 Å². The van der Waals surface area contributed by atoms with E-state index in [1.54, 1.807) is 12.1 Å². The second-order valence-electron chi connectivity index (χ2n) is 17.0. The minimum atomic E-state index is -2.50. The molecule has 8 aromatic rings. The maximum atomic E-state index is 8.19. The molecule has 0 saturated carbocycles. The van der Waals surface area contributed by atoms with E-state index < -0.39 is 13.7 Å². The third-order valence-electron chi connectivity index (χ3n) is 11.9. The summed E-state index contributed by atoms with van der Waals surface area (Å²) in [5.74, 6) is 3.94. The first-order valence-corrected chi connectivity index (χ1v) is 21.1. The molecule has 3 aliphatic heterocycles. The number of nitrogens with zero attached hydrogens (tertiary/aromatic N) is 5. The molecule has 6 nitrogen and oxygen atoms in total. The third kappa shape index (κ3) is 7.38. The van der Waals surface area contributed by atoms with Crippen molar-refractivity contribution in [2.24, 2.45) is 0 Å². The summed E-state index contributed by atoms with van der Waals surface area (Å²) in [4.78, 5) is 11.2. The van der Waals surface area contributed by atoms with Crippen LogP contribution in [0.15, 0.2) is 182 Å². The summed E-state index contributed by atoms with van der Waals surface area (Å²) in [6.45, 7) is 3.29. The Labute approximate surface area is 398 Å². The Hall–Kier alpha value is -6.82. The number of fused-ring (bicyclic) bond motifs is 5. The van der Waals surface area contributed by atoms with Gasteiger partial charge in [-0.1, -0.05) is 122 Å². The van der Waals surface area contributed by atoms with E-state index in [1.807, 2.05) is 91.4 Å². The van der Waals surface area contributed by atoms with Gasteiger partial charge in [-0.3, -0.25) is 0 Å². The van der Waals surface area contributed by atoms with Gasteiger partial charge in [0.25, 0.3) is 0 Å². The number of hydrogen-bond acceptors (Lipinski definition) is 5. The molecule has 0 radical (unpaired) electrons. The molecule has 0 bridgehead atoms. The molecule has 0 aliphatic carbocycles. The van der Waals surface area contributed by atoms with Gasteiger partial charge < -0.3 is 23.9 Å². The van der Waals surface area contributed by atoms with E-state index in [9.17, 15) is 0 Å². The number of aromatic nitrogens is 2. The molecule has 0 saturated heterocycles. The molecule has 0 amide bonds. The number of rotatable bonds is 7. The van der Waals surface area contributed by atoms with Gasteiger partial charge in [0.05, 0.1) is 0 Å². The van der Waals surface area contributed by atoms with Gasteiger partial charge in [-0.25, -0.2) is 4.98 Å². The molecule has 8 heteroatoms. The van der Waals surface area contributed by atoms with Gasteiger partial charge in [-0.05, 0) is 113 Å².